The summed E-state index contributed by atoms with van der Waals surface area (Å²) in [4.78, 5) is 12.6. The number of nitrogens with zero attached hydrogens (tertiary/aromatic N) is 4. The number of hydrogen-bond acceptors (Lipinski definition) is 8. The third kappa shape index (κ3) is 3.86. The van der Waals surface area contributed by atoms with Crippen LogP contribution in [0.25, 0.3) is 11.2 Å². The number of ether oxygens (including phenoxy) is 1. The number of rotatable bonds is 2. The van der Waals surface area contributed by atoms with E-state index < -0.39 is 31.1 Å². The van der Waals surface area contributed by atoms with Crippen molar-refractivity contribution in [1.82, 2.24) is 19.5 Å². The van der Waals surface area contributed by atoms with Crippen LogP contribution in [0, 0.1) is 11.8 Å². The molecule has 4 atom stereocenters. The smallest absolute Gasteiger partial charge is 0.190 e. The number of hydrogen-bond donors (Lipinski definition) is 4. The Morgan fingerprint density at radius 1 is 1.10 bits per heavy atom. The van der Waals surface area contributed by atoms with Crippen LogP contribution >= 0.6 is 0 Å². The molecule has 0 spiro atoms. The van der Waals surface area contributed by atoms with Crippen LogP contribution in [-0.2, 0) is 10.2 Å². The molecular weight excluding hydrogens is 398 g/mol. The first-order chi connectivity index (χ1) is 14.7. The van der Waals surface area contributed by atoms with Gasteiger partial charge in [-0.25, -0.2) is 15.0 Å². The summed E-state index contributed by atoms with van der Waals surface area (Å²) >= 11 is 0. The van der Waals surface area contributed by atoms with E-state index in [-0.39, 0.29) is 17.1 Å². The third-order valence-electron chi connectivity index (χ3n) is 5.35. The number of imidazole rings is 1. The molecule has 3 aromatic rings. The minimum atomic E-state index is -1.31. The van der Waals surface area contributed by atoms with E-state index in [0.717, 1.165) is 5.56 Å². The summed E-state index contributed by atoms with van der Waals surface area (Å²) in [7, 11) is 0. The number of aromatic nitrogens is 4. The maximum Gasteiger partial charge on any atom is 0.190 e. The predicted octanol–water partition coefficient (Wildman–Crippen LogP) is 0.717. The van der Waals surface area contributed by atoms with Gasteiger partial charge in [0.05, 0.1) is 6.61 Å². The minimum Gasteiger partial charge on any atom is -0.394 e. The van der Waals surface area contributed by atoms with Gasteiger partial charge in [-0.05, 0) is 29.0 Å². The van der Waals surface area contributed by atoms with E-state index in [9.17, 15) is 15.3 Å². The van der Waals surface area contributed by atoms with Crippen LogP contribution in [0.15, 0.2) is 30.6 Å². The van der Waals surface area contributed by atoms with E-state index in [1.807, 2.05) is 24.3 Å². The lowest BCUT2D eigenvalue weighted by molar-refractivity contribution is -0.0514. The van der Waals surface area contributed by atoms with Crippen LogP contribution in [0.1, 0.15) is 44.0 Å². The van der Waals surface area contributed by atoms with Crippen LogP contribution in [0.2, 0.25) is 0 Å². The number of aliphatic hydroxyl groups excluding tert-OH is 3. The van der Waals surface area contributed by atoms with Gasteiger partial charge in [0, 0.05) is 5.56 Å². The van der Waals surface area contributed by atoms with Crippen LogP contribution in [-0.4, -0.2) is 59.8 Å². The van der Waals surface area contributed by atoms with Crippen LogP contribution in [0.3, 0.4) is 0 Å². The lowest BCUT2D eigenvalue weighted by Gasteiger charge is -2.18. The predicted molar refractivity (Wildman–Crippen MR) is 114 cm³/mol. The SMILES string of the molecule is CC(C)(C)c1ccc(C#Cc2nc3c(N)ncnc3n2[C@@H]2O[C@H](CO)[C@@H](O)[C@H]2O)cc1. The lowest BCUT2D eigenvalue weighted by atomic mass is 9.87. The van der Waals surface area contributed by atoms with Crippen molar-refractivity contribution in [2.45, 2.75) is 50.7 Å². The van der Waals surface area contributed by atoms with Gasteiger partial charge in [0.2, 0.25) is 0 Å². The van der Waals surface area contributed by atoms with Crippen LogP contribution < -0.4 is 5.73 Å². The highest BCUT2D eigenvalue weighted by Crippen LogP contribution is 2.33. The van der Waals surface area contributed by atoms with Gasteiger partial charge in [0.25, 0.3) is 0 Å². The van der Waals surface area contributed by atoms with Gasteiger partial charge in [0.15, 0.2) is 29.0 Å². The van der Waals surface area contributed by atoms with Gasteiger partial charge < -0.3 is 25.8 Å². The van der Waals surface area contributed by atoms with Crippen molar-refractivity contribution in [2.75, 3.05) is 12.3 Å². The Balaban J connectivity index is 1.78. The topological polar surface area (TPSA) is 140 Å². The summed E-state index contributed by atoms with van der Waals surface area (Å²) in [6.45, 7) is 5.98. The maximum absolute atomic E-state index is 10.5. The summed E-state index contributed by atoms with van der Waals surface area (Å²) in [6, 6.07) is 7.92. The molecule has 0 amide bonds. The van der Waals surface area contributed by atoms with Crippen LogP contribution in [0.5, 0.6) is 0 Å². The molecule has 3 heterocycles. The number of benzene rings is 1. The monoisotopic (exact) mass is 423 g/mol. The van der Waals surface area contributed by atoms with Crippen molar-refractivity contribution in [3.8, 4) is 11.8 Å². The average Bonchev–Trinajstić information content (AvgIpc) is 3.24. The fourth-order valence-electron chi connectivity index (χ4n) is 3.53. The molecule has 0 saturated carbocycles. The Labute approximate surface area is 179 Å². The molecule has 162 valence electrons. The van der Waals surface area contributed by atoms with Gasteiger partial charge in [-0.15, -0.1) is 0 Å². The fraction of sp³-hybridized carbons (Fsp3) is 0.409. The van der Waals surface area contributed by atoms with Gasteiger partial charge >= 0.3 is 0 Å². The zero-order chi connectivity index (χ0) is 22.3. The molecule has 5 N–H and O–H groups in total. The summed E-state index contributed by atoms with van der Waals surface area (Å²) in [6.07, 6.45) is -3.28. The molecule has 9 heteroatoms. The number of fused-ring (bicyclic) bond motifs is 1. The molecule has 9 nitrogen and oxygen atoms in total. The Hall–Kier alpha value is -3.03. The van der Waals surface area contributed by atoms with E-state index in [1.165, 1.54) is 16.5 Å². The molecule has 31 heavy (non-hydrogen) atoms. The van der Waals surface area contributed by atoms with Crippen molar-refractivity contribution in [3.05, 3.63) is 47.5 Å². The number of anilines is 1. The molecule has 1 saturated heterocycles. The molecule has 0 aliphatic carbocycles. The van der Waals surface area contributed by atoms with Crippen molar-refractivity contribution in [1.29, 1.82) is 0 Å². The molecule has 1 aromatic carbocycles. The second kappa shape index (κ2) is 7.90. The van der Waals surface area contributed by atoms with E-state index in [4.69, 9.17) is 10.5 Å². The van der Waals surface area contributed by atoms with Gasteiger partial charge in [-0.3, -0.25) is 4.57 Å². The van der Waals surface area contributed by atoms with E-state index in [0.29, 0.717) is 11.2 Å². The molecule has 2 aromatic heterocycles. The molecule has 1 aliphatic heterocycles. The van der Waals surface area contributed by atoms with E-state index in [2.05, 4.69) is 47.6 Å². The zero-order valence-corrected chi connectivity index (χ0v) is 17.5. The Morgan fingerprint density at radius 2 is 1.81 bits per heavy atom. The molecule has 1 aliphatic rings. The Bertz CT molecular complexity index is 1160. The maximum atomic E-state index is 10.5. The summed E-state index contributed by atoms with van der Waals surface area (Å²) in [5.74, 6) is 6.46. The molecule has 1 fully saturated rings. The third-order valence-corrected chi connectivity index (χ3v) is 5.35. The minimum absolute atomic E-state index is 0.0379. The number of nitrogens with two attached hydrogens (primary N) is 1. The van der Waals surface area contributed by atoms with Gasteiger partial charge in [-0.1, -0.05) is 38.8 Å². The molecular formula is C22H25N5O4. The first-order valence-electron chi connectivity index (χ1n) is 9.94. The van der Waals surface area contributed by atoms with Crippen molar-refractivity contribution in [3.63, 3.8) is 0 Å². The van der Waals surface area contributed by atoms with Gasteiger partial charge in [0.1, 0.15) is 24.6 Å². The summed E-state index contributed by atoms with van der Waals surface area (Å²) < 4.78 is 7.16. The summed E-state index contributed by atoms with van der Waals surface area (Å²) in [5.41, 5.74) is 8.59. The Kier molecular flexibility index (Phi) is 5.41. The van der Waals surface area contributed by atoms with Crippen LogP contribution in [0.4, 0.5) is 5.82 Å². The van der Waals surface area contributed by atoms with Gasteiger partial charge in [-0.2, -0.15) is 0 Å². The van der Waals surface area contributed by atoms with Crippen molar-refractivity contribution < 1.29 is 20.1 Å². The standard InChI is InChI=1S/C22H25N5O4/c1-22(2,3)13-7-4-12(5-8-13)6-9-15-26-16-19(23)24-11-25-20(16)27(15)21-18(30)17(29)14(10-28)31-21/h4-5,7-8,11,14,17-18,21,28-30H,10H2,1-3H3,(H2,23,24,25)/t14-,17-,18-,21-/m1/s1. The number of aliphatic hydroxyl groups is 3. The molecule has 0 unspecified atom stereocenters. The highest BCUT2D eigenvalue weighted by Gasteiger charge is 2.44. The highest BCUT2D eigenvalue weighted by molar-refractivity contribution is 5.82. The summed E-state index contributed by atoms with van der Waals surface area (Å²) in [5, 5.41) is 30.1. The second-order valence-electron chi connectivity index (χ2n) is 8.54. The largest absolute Gasteiger partial charge is 0.394 e. The molecule has 0 radical (unpaired) electrons. The van der Waals surface area contributed by atoms with Crippen molar-refractivity contribution >= 4 is 17.0 Å². The quantitative estimate of drug-likeness (QED) is 0.442. The molecule has 4 rings (SSSR count). The fourth-order valence-corrected chi connectivity index (χ4v) is 3.53. The average molecular weight is 423 g/mol. The first kappa shape index (κ1) is 21.2. The molecule has 0 bridgehead atoms. The highest BCUT2D eigenvalue weighted by atomic mass is 16.6. The van der Waals surface area contributed by atoms with E-state index in [1.54, 1.807) is 0 Å². The number of nitrogen functional groups attached to an aromatic ring is 1. The Morgan fingerprint density at radius 3 is 2.42 bits per heavy atom. The second-order valence-corrected chi connectivity index (χ2v) is 8.54. The zero-order valence-electron chi connectivity index (χ0n) is 17.5. The van der Waals surface area contributed by atoms with E-state index >= 15 is 0 Å². The normalized spacial score (nSPS) is 23.7. The first-order valence-corrected chi connectivity index (χ1v) is 9.94. The lowest BCUT2D eigenvalue weighted by Crippen LogP contribution is -2.33. The van der Waals surface area contributed by atoms with Crippen molar-refractivity contribution in [2.24, 2.45) is 0 Å².